The Labute approximate surface area is 174 Å². The van der Waals surface area contributed by atoms with Gasteiger partial charge in [-0.15, -0.1) is 0 Å². The minimum absolute atomic E-state index is 0.00932. The van der Waals surface area contributed by atoms with Crippen LogP contribution in [-0.4, -0.2) is 20.7 Å². The second kappa shape index (κ2) is 8.54. The standard InChI is InChI=1S/C21H21ClN4OS/c1-13-20(14(2)26(25-13)12-17-7-4-5-10-19(17)22)24-21(28)23-18-9-6-8-16(11-18)15(3)27/h4-11H,12H2,1-3H3,(H2,23,24,28). The van der Waals surface area contributed by atoms with E-state index in [0.29, 0.717) is 22.2 Å². The van der Waals surface area contributed by atoms with Crippen molar-refractivity contribution in [1.29, 1.82) is 0 Å². The van der Waals surface area contributed by atoms with E-state index in [1.165, 1.54) is 6.92 Å². The van der Waals surface area contributed by atoms with Crippen molar-refractivity contribution in [2.45, 2.75) is 27.3 Å². The maximum absolute atomic E-state index is 11.5. The van der Waals surface area contributed by atoms with Gasteiger partial charge in [0.1, 0.15) is 0 Å². The van der Waals surface area contributed by atoms with Gasteiger partial charge < -0.3 is 10.6 Å². The van der Waals surface area contributed by atoms with E-state index in [0.717, 1.165) is 28.3 Å². The lowest BCUT2D eigenvalue weighted by molar-refractivity contribution is 0.101. The second-order valence-corrected chi connectivity index (χ2v) is 7.33. The van der Waals surface area contributed by atoms with Crippen molar-refractivity contribution in [3.05, 3.63) is 76.1 Å². The van der Waals surface area contributed by atoms with Gasteiger partial charge in [-0.05, 0) is 56.8 Å². The molecule has 1 heterocycles. The largest absolute Gasteiger partial charge is 0.332 e. The normalized spacial score (nSPS) is 10.6. The summed E-state index contributed by atoms with van der Waals surface area (Å²) in [6.07, 6.45) is 0. The molecule has 0 radical (unpaired) electrons. The minimum atomic E-state index is 0.00932. The first-order valence-corrected chi connectivity index (χ1v) is 9.60. The van der Waals surface area contributed by atoms with Gasteiger partial charge in [0.15, 0.2) is 10.9 Å². The van der Waals surface area contributed by atoms with Gasteiger partial charge in [0.05, 0.1) is 23.6 Å². The zero-order chi connectivity index (χ0) is 20.3. The molecule has 7 heteroatoms. The van der Waals surface area contributed by atoms with Crippen LogP contribution < -0.4 is 10.6 Å². The molecular formula is C21H21ClN4OS. The SMILES string of the molecule is CC(=O)c1cccc(NC(=S)Nc2c(C)nn(Cc3ccccc3Cl)c2C)c1. The average Bonchev–Trinajstić information content (AvgIpc) is 2.91. The van der Waals surface area contributed by atoms with Gasteiger partial charge in [0, 0.05) is 16.3 Å². The van der Waals surface area contributed by atoms with Crippen LogP contribution in [0.5, 0.6) is 0 Å². The molecular weight excluding hydrogens is 392 g/mol. The van der Waals surface area contributed by atoms with E-state index >= 15 is 0 Å². The van der Waals surface area contributed by atoms with Crippen LogP contribution in [0.4, 0.5) is 11.4 Å². The van der Waals surface area contributed by atoms with Crippen LogP contribution >= 0.6 is 23.8 Å². The van der Waals surface area contributed by atoms with Crippen LogP contribution in [0.2, 0.25) is 5.02 Å². The lowest BCUT2D eigenvalue weighted by Crippen LogP contribution is -2.20. The Morgan fingerprint density at radius 2 is 1.89 bits per heavy atom. The number of anilines is 2. The first-order chi connectivity index (χ1) is 13.3. The van der Waals surface area contributed by atoms with E-state index in [4.69, 9.17) is 23.8 Å². The Morgan fingerprint density at radius 3 is 2.61 bits per heavy atom. The van der Waals surface area contributed by atoms with Crippen LogP contribution in [0.1, 0.15) is 34.2 Å². The molecule has 0 fully saturated rings. The van der Waals surface area contributed by atoms with Gasteiger partial charge in [0.2, 0.25) is 0 Å². The molecule has 0 aliphatic rings. The quantitative estimate of drug-likeness (QED) is 0.444. The minimum Gasteiger partial charge on any atom is -0.332 e. The van der Waals surface area contributed by atoms with E-state index < -0.39 is 0 Å². The summed E-state index contributed by atoms with van der Waals surface area (Å²) in [7, 11) is 0. The van der Waals surface area contributed by atoms with E-state index in [1.54, 1.807) is 12.1 Å². The molecule has 3 rings (SSSR count). The first kappa shape index (κ1) is 20.0. The summed E-state index contributed by atoms with van der Waals surface area (Å²) in [4.78, 5) is 11.5. The number of hydrogen-bond donors (Lipinski definition) is 2. The summed E-state index contributed by atoms with van der Waals surface area (Å²) in [6.45, 7) is 6.03. The second-order valence-electron chi connectivity index (χ2n) is 6.51. The fourth-order valence-electron chi connectivity index (χ4n) is 2.91. The summed E-state index contributed by atoms with van der Waals surface area (Å²) in [5.41, 5.74) is 5.04. The Bertz CT molecular complexity index is 1040. The van der Waals surface area contributed by atoms with Crippen LogP contribution in [0, 0.1) is 13.8 Å². The van der Waals surface area contributed by atoms with Crippen molar-refractivity contribution < 1.29 is 4.79 Å². The molecule has 0 aliphatic carbocycles. The van der Waals surface area contributed by atoms with Crippen LogP contribution in [0.15, 0.2) is 48.5 Å². The molecule has 0 spiro atoms. The number of carbonyl (C=O) groups excluding carboxylic acids is 1. The Hall–Kier alpha value is -2.70. The van der Waals surface area contributed by atoms with Crippen molar-refractivity contribution in [2.75, 3.05) is 10.6 Å². The fraction of sp³-hybridized carbons (Fsp3) is 0.190. The zero-order valence-electron chi connectivity index (χ0n) is 15.9. The average molecular weight is 413 g/mol. The van der Waals surface area contributed by atoms with Crippen molar-refractivity contribution in [2.24, 2.45) is 0 Å². The molecule has 0 bridgehead atoms. The molecule has 3 aromatic rings. The molecule has 28 heavy (non-hydrogen) atoms. The zero-order valence-corrected chi connectivity index (χ0v) is 17.5. The lowest BCUT2D eigenvalue weighted by Gasteiger charge is -2.12. The van der Waals surface area contributed by atoms with Gasteiger partial charge in [-0.3, -0.25) is 9.48 Å². The lowest BCUT2D eigenvalue weighted by atomic mass is 10.1. The molecule has 1 aromatic heterocycles. The van der Waals surface area contributed by atoms with Crippen LogP contribution in [0.3, 0.4) is 0 Å². The summed E-state index contributed by atoms with van der Waals surface area (Å²) >= 11 is 11.7. The third-order valence-corrected chi connectivity index (χ3v) is 5.00. The maximum Gasteiger partial charge on any atom is 0.175 e. The molecule has 0 amide bonds. The number of halogens is 1. The fourth-order valence-corrected chi connectivity index (χ4v) is 3.33. The molecule has 2 aromatic carbocycles. The molecule has 0 unspecified atom stereocenters. The van der Waals surface area contributed by atoms with Gasteiger partial charge >= 0.3 is 0 Å². The number of Topliss-reactive ketones (excluding diaryl/α,β-unsaturated/α-hetero) is 1. The van der Waals surface area contributed by atoms with Gasteiger partial charge in [-0.2, -0.15) is 5.10 Å². The summed E-state index contributed by atoms with van der Waals surface area (Å²) < 4.78 is 1.90. The summed E-state index contributed by atoms with van der Waals surface area (Å²) in [5, 5.41) is 12.1. The molecule has 0 atom stereocenters. The van der Waals surface area contributed by atoms with Gasteiger partial charge in [0.25, 0.3) is 0 Å². The van der Waals surface area contributed by atoms with E-state index in [2.05, 4.69) is 15.7 Å². The topological polar surface area (TPSA) is 59.0 Å². The first-order valence-electron chi connectivity index (χ1n) is 8.81. The smallest absolute Gasteiger partial charge is 0.175 e. The number of thiocarbonyl (C=S) groups is 1. The number of benzene rings is 2. The molecule has 2 N–H and O–H groups in total. The number of rotatable bonds is 5. The van der Waals surface area contributed by atoms with E-state index in [1.807, 2.05) is 54.9 Å². The third-order valence-electron chi connectivity index (χ3n) is 4.42. The van der Waals surface area contributed by atoms with Crippen molar-refractivity contribution in [3.8, 4) is 0 Å². The molecule has 0 aliphatic heterocycles. The number of carbonyl (C=O) groups is 1. The highest BCUT2D eigenvalue weighted by molar-refractivity contribution is 7.80. The Balaban J connectivity index is 1.75. The van der Waals surface area contributed by atoms with E-state index in [9.17, 15) is 4.79 Å². The van der Waals surface area contributed by atoms with Crippen LogP contribution in [0.25, 0.3) is 0 Å². The van der Waals surface area contributed by atoms with Gasteiger partial charge in [-0.1, -0.05) is 41.9 Å². The molecule has 0 saturated carbocycles. The van der Waals surface area contributed by atoms with Crippen molar-refractivity contribution >= 4 is 46.1 Å². The van der Waals surface area contributed by atoms with Crippen LogP contribution in [-0.2, 0) is 6.54 Å². The number of nitrogens with one attached hydrogen (secondary N) is 2. The van der Waals surface area contributed by atoms with Crippen molar-refractivity contribution in [3.63, 3.8) is 0 Å². The van der Waals surface area contributed by atoms with Gasteiger partial charge in [-0.25, -0.2) is 0 Å². The predicted octanol–water partition coefficient (Wildman–Crippen LogP) is 5.21. The maximum atomic E-state index is 11.5. The third kappa shape index (κ3) is 4.58. The predicted molar refractivity (Wildman–Crippen MR) is 119 cm³/mol. The molecule has 144 valence electrons. The summed E-state index contributed by atoms with van der Waals surface area (Å²) in [6, 6.07) is 15.0. The monoisotopic (exact) mass is 412 g/mol. The highest BCUT2D eigenvalue weighted by Gasteiger charge is 2.14. The number of ketones is 1. The number of aryl methyl sites for hydroxylation is 1. The number of hydrogen-bond acceptors (Lipinski definition) is 3. The van der Waals surface area contributed by atoms with Crippen molar-refractivity contribution in [1.82, 2.24) is 9.78 Å². The molecule has 5 nitrogen and oxygen atoms in total. The number of aromatic nitrogens is 2. The molecule has 0 saturated heterocycles. The Kier molecular flexibility index (Phi) is 6.11. The Morgan fingerprint density at radius 1 is 1.14 bits per heavy atom. The highest BCUT2D eigenvalue weighted by atomic mass is 35.5. The van der Waals surface area contributed by atoms with E-state index in [-0.39, 0.29) is 5.78 Å². The highest BCUT2D eigenvalue weighted by Crippen LogP contribution is 2.23. The summed E-state index contributed by atoms with van der Waals surface area (Å²) in [5.74, 6) is 0.00932. The number of nitrogens with zero attached hydrogens (tertiary/aromatic N) is 2.